The highest BCUT2D eigenvalue weighted by molar-refractivity contribution is 5.57. The second kappa shape index (κ2) is 8.16. The van der Waals surface area contributed by atoms with Gasteiger partial charge >= 0.3 is 18.4 Å². The van der Waals surface area contributed by atoms with E-state index in [0.717, 1.165) is 25.8 Å². The molecule has 4 heterocycles. The minimum Gasteiger partial charge on any atom is -0.477 e. The lowest BCUT2D eigenvalue weighted by Gasteiger charge is -2.37. The number of aromatic nitrogens is 5. The molecule has 0 amide bonds. The van der Waals surface area contributed by atoms with Crippen LogP contribution in [0, 0.1) is 18.8 Å². The second-order valence-corrected chi connectivity index (χ2v) is 8.83. The van der Waals surface area contributed by atoms with Crippen LogP contribution in [0.15, 0.2) is 16.5 Å². The summed E-state index contributed by atoms with van der Waals surface area (Å²) in [5, 5.41) is 14.9. The smallest absolute Gasteiger partial charge is 0.433 e. The van der Waals surface area contributed by atoms with E-state index in [-0.39, 0.29) is 23.8 Å². The first-order valence-corrected chi connectivity index (χ1v) is 10.9. The van der Waals surface area contributed by atoms with Crippen LogP contribution in [0.25, 0.3) is 5.65 Å². The summed E-state index contributed by atoms with van der Waals surface area (Å²) in [5.41, 5.74) is -1.63. The Kier molecular flexibility index (Phi) is 5.47. The Morgan fingerprint density at radius 2 is 1.77 bits per heavy atom. The van der Waals surface area contributed by atoms with Gasteiger partial charge in [0.05, 0.1) is 0 Å². The monoisotopic (exact) mass is 505 g/mol. The largest absolute Gasteiger partial charge is 0.477 e. The highest BCUT2D eigenvalue weighted by atomic mass is 19.4. The van der Waals surface area contributed by atoms with Gasteiger partial charge in [0.2, 0.25) is 11.8 Å². The summed E-state index contributed by atoms with van der Waals surface area (Å²) in [4.78, 5) is 6.06. The zero-order chi connectivity index (χ0) is 25.1. The molecule has 3 aromatic heterocycles. The molecule has 2 bridgehead atoms. The summed E-state index contributed by atoms with van der Waals surface area (Å²) in [7, 11) is 0. The minimum absolute atomic E-state index is 0.107. The number of ether oxygens (including phenoxy) is 1. The Morgan fingerprint density at radius 3 is 2.34 bits per heavy atom. The predicted molar refractivity (Wildman–Crippen MR) is 109 cm³/mol. The molecule has 0 aromatic carbocycles. The van der Waals surface area contributed by atoms with E-state index in [1.807, 2.05) is 4.90 Å². The molecule has 1 N–H and O–H groups in total. The van der Waals surface area contributed by atoms with E-state index in [9.17, 15) is 26.3 Å². The Morgan fingerprint density at radius 1 is 1.09 bits per heavy atom. The Bertz CT molecular complexity index is 1210. The van der Waals surface area contributed by atoms with Crippen LogP contribution in [0.3, 0.4) is 0 Å². The van der Waals surface area contributed by atoms with Crippen LogP contribution in [0.1, 0.15) is 31.4 Å². The van der Waals surface area contributed by atoms with Gasteiger partial charge in [-0.15, -0.1) is 10.2 Å². The molecule has 0 spiro atoms. The van der Waals surface area contributed by atoms with E-state index in [1.54, 1.807) is 6.92 Å². The van der Waals surface area contributed by atoms with Crippen molar-refractivity contribution in [3.8, 4) is 5.75 Å². The lowest BCUT2D eigenvalue weighted by Crippen LogP contribution is -2.48. The highest BCUT2D eigenvalue weighted by Crippen LogP contribution is 2.40. The normalized spacial score (nSPS) is 23.7. The van der Waals surface area contributed by atoms with Crippen molar-refractivity contribution in [1.82, 2.24) is 24.8 Å². The number of rotatable bonds is 5. The molecule has 5 rings (SSSR count). The summed E-state index contributed by atoms with van der Waals surface area (Å²) in [5.74, 6) is 0.0919. The van der Waals surface area contributed by atoms with E-state index in [4.69, 9.17) is 9.15 Å². The summed E-state index contributed by atoms with van der Waals surface area (Å²) in [6, 6.07) is 1.73. The first kappa shape index (κ1) is 23.5. The number of pyridine rings is 1. The number of alkyl halides is 6. The van der Waals surface area contributed by atoms with Gasteiger partial charge in [0.25, 0.3) is 0 Å². The van der Waals surface area contributed by atoms with Crippen molar-refractivity contribution < 1.29 is 35.5 Å². The lowest BCUT2D eigenvalue weighted by atomic mass is 9.92. The van der Waals surface area contributed by atoms with Gasteiger partial charge in [0.1, 0.15) is 5.69 Å². The standard InChI is InChI=1S/C20H21F6N7O2/c1-9(19(21,22)23)34-13-5-6-14(20(24,25)26)33-16(13)28-17(31-33)27-15-11-3-4-12(15)8-32(7-11)18-30-29-10(2)35-18/h5-6,9,11-12,15H,3-4,7-8H2,1-2H3,(H,27,31)/t9?,11-,12+,15?. The molecule has 15 heteroatoms. The van der Waals surface area contributed by atoms with E-state index < -0.39 is 35.5 Å². The van der Waals surface area contributed by atoms with Crippen LogP contribution in [0.5, 0.6) is 5.75 Å². The van der Waals surface area contributed by atoms with E-state index in [1.165, 1.54) is 0 Å². The van der Waals surface area contributed by atoms with Gasteiger partial charge in [-0.2, -0.15) is 31.3 Å². The molecule has 190 valence electrons. The third-order valence-electron chi connectivity index (χ3n) is 6.42. The molecule has 2 fully saturated rings. The third kappa shape index (κ3) is 4.43. The van der Waals surface area contributed by atoms with Crippen molar-refractivity contribution >= 4 is 17.6 Å². The molecular formula is C20H21F6N7O2. The van der Waals surface area contributed by atoms with Crippen molar-refractivity contribution in [3.63, 3.8) is 0 Å². The SMILES string of the molecule is Cc1nnc(N2C[C@H]3CC[C@@H](C2)C3Nc2nc3c(OC(C)C(F)(F)F)ccc(C(F)(F)F)n3n2)o1. The van der Waals surface area contributed by atoms with Gasteiger partial charge in [-0.25, -0.2) is 4.52 Å². The van der Waals surface area contributed by atoms with E-state index >= 15 is 0 Å². The maximum Gasteiger partial charge on any atom is 0.433 e. The average molecular weight is 505 g/mol. The van der Waals surface area contributed by atoms with Crippen LogP contribution in [-0.4, -0.2) is 56.2 Å². The molecule has 9 nitrogen and oxygen atoms in total. The zero-order valence-corrected chi connectivity index (χ0v) is 18.6. The predicted octanol–water partition coefficient (Wildman–Crippen LogP) is 4.10. The molecule has 4 atom stereocenters. The number of fused-ring (bicyclic) bond motifs is 3. The molecule has 1 saturated carbocycles. The topological polar surface area (TPSA) is 93.6 Å². The first-order valence-electron chi connectivity index (χ1n) is 10.9. The Labute approximate surface area is 194 Å². The fraction of sp³-hybridized carbons (Fsp3) is 0.600. The maximum absolute atomic E-state index is 13.6. The van der Waals surface area contributed by atoms with Crippen LogP contribution in [-0.2, 0) is 6.18 Å². The molecule has 35 heavy (non-hydrogen) atoms. The van der Waals surface area contributed by atoms with Gasteiger partial charge in [-0.05, 0) is 43.7 Å². The quantitative estimate of drug-likeness (QED) is 0.519. The molecular weight excluding hydrogens is 484 g/mol. The van der Waals surface area contributed by atoms with Crippen molar-refractivity contribution in [2.24, 2.45) is 11.8 Å². The van der Waals surface area contributed by atoms with Crippen molar-refractivity contribution in [2.75, 3.05) is 23.3 Å². The van der Waals surface area contributed by atoms with Crippen molar-refractivity contribution in [3.05, 3.63) is 23.7 Å². The van der Waals surface area contributed by atoms with E-state index in [2.05, 4.69) is 25.6 Å². The van der Waals surface area contributed by atoms with Gasteiger partial charge in [0, 0.05) is 26.1 Å². The summed E-state index contributed by atoms with van der Waals surface area (Å²) < 4.78 is 90.5. The molecule has 2 aliphatic rings. The Hall–Kier alpha value is -3.26. The van der Waals surface area contributed by atoms with Gasteiger partial charge in [0.15, 0.2) is 17.5 Å². The van der Waals surface area contributed by atoms with Crippen LogP contribution in [0.4, 0.5) is 38.3 Å². The summed E-state index contributed by atoms with van der Waals surface area (Å²) in [6.45, 7) is 3.64. The molecule has 3 aromatic rings. The fourth-order valence-electron chi connectivity index (χ4n) is 4.74. The zero-order valence-electron chi connectivity index (χ0n) is 18.6. The minimum atomic E-state index is -4.80. The number of piperidine rings is 1. The number of anilines is 2. The highest BCUT2D eigenvalue weighted by Gasteiger charge is 2.44. The number of halogens is 6. The lowest BCUT2D eigenvalue weighted by molar-refractivity contribution is -0.189. The molecule has 1 aliphatic heterocycles. The van der Waals surface area contributed by atoms with Crippen molar-refractivity contribution in [2.45, 2.75) is 51.2 Å². The van der Waals surface area contributed by atoms with Gasteiger partial charge in [-0.3, -0.25) is 0 Å². The van der Waals surface area contributed by atoms with Crippen LogP contribution < -0.4 is 15.0 Å². The van der Waals surface area contributed by atoms with Crippen LogP contribution in [0.2, 0.25) is 0 Å². The molecule has 2 unspecified atom stereocenters. The average Bonchev–Trinajstić information content (AvgIpc) is 3.43. The van der Waals surface area contributed by atoms with E-state index in [0.29, 0.717) is 35.6 Å². The van der Waals surface area contributed by atoms with Gasteiger partial charge in [-0.1, -0.05) is 5.10 Å². The first-order chi connectivity index (χ1) is 16.4. The number of nitrogens with zero attached hydrogens (tertiary/aromatic N) is 6. The fourth-order valence-corrected chi connectivity index (χ4v) is 4.74. The third-order valence-corrected chi connectivity index (χ3v) is 6.42. The summed E-state index contributed by atoms with van der Waals surface area (Å²) >= 11 is 0. The summed E-state index contributed by atoms with van der Waals surface area (Å²) in [6.07, 6.45) is -10.0. The number of aryl methyl sites for hydroxylation is 1. The number of hydrogen-bond donors (Lipinski definition) is 1. The maximum atomic E-state index is 13.6. The number of nitrogens with one attached hydrogen (secondary N) is 1. The second-order valence-electron chi connectivity index (χ2n) is 8.83. The molecule has 1 saturated heterocycles. The van der Waals surface area contributed by atoms with Gasteiger partial charge < -0.3 is 19.4 Å². The number of hydrogen-bond acceptors (Lipinski definition) is 8. The van der Waals surface area contributed by atoms with Crippen molar-refractivity contribution in [1.29, 1.82) is 0 Å². The molecule has 0 radical (unpaired) electrons. The molecule has 1 aliphatic carbocycles. The Balaban J connectivity index is 1.42. The van der Waals surface area contributed by atoms with Crippen LogP contribution >= 0.6 is 0 Å².